The number of aromatic nitrogens is 2. The number of ether oxygens (including phenoxy) is 1. The van der Waals surface area contributed by atoms with Crippen LogP contribution in [0.1, 0.15) is 24.7 Å². The van der Waals surface area contributed by atoms with Gasteiger partial charge in [-0.2, -0.15) is 16.9 Å². The van der Waals surface area contributed by atoms with E-state index in [4.69, 9.17) is 4.74 Å². The lowest BCUT2D eigenvalue weighted by Crippen LogP contribution is -2.46. The summed E-state index contributed by atoms with van der Waals surface area (Å²) >= 11 is 2.00. The van der Waals surface area contributed by atoms with Crippen LogP contribution in [0.3, 0.4) is 0 Å². The van der Waals surface area contributed by atoms with Gasteiger partial charge in [-0.25, -0.2) is 0 Å². The Balaban J connectivity index is 2.01. The van der Waals surface area contributed by atoms with Gasteiger partial charge < -0.3 is 10.1 Å². The summed E-state index contributed by atoms with van der Waals surface area (Å²) in [4.78, 5) is 0. The van der Waals surface area contributed by atoms with Crippen molar-refractivity contribution < 1.29 is 4.74 Å². The average Bonchev–Trinajstić information content (AvgIpc) is 2.73. The third kappa shape index (κ3) is 4.23. The predicted octanol–water partition coefficient (Wildman–Crippen LogP) is 1.77. The van der Waals surface area contributed by atoms with Gasteiger partial charge in [-0.3, -0.25) is 4.68 Å². The van der Waals surface area contributed by atoms with Gasteiger partial charge in [0.25, 0.3) is 0 Å². The van der Waals surface area contributed by atoms with Crippen LogP contribution in [0.4, 0.5) is 0 Å². The molecule has 2 unspecified atom stereocenters. The quantitative estimate of drug-likeness (QED) is 0.864. The Kier molecular flexibility index (Phi) is 5.73. The van der Waals surface area contributed by atoms with Crippen LogP contribution in [0.25, 0.3) is 0 Å². The van der Waals surface area contributed by atoms with Crippen molar-refractivity contribution in [3.05, 3.63) is 17.5 Å². The van der Waals surface area contributed by atoms with Crippen LogP contribution in [0.5, 0.6) is 0 Å². The van der Waals surface area contributed by atoms with Gasteiger partial charge in [-0.05, 0) is 26.0 Å². The van der Waals surface area contributed by atoms with Gasteiger partial charge in [0, 0.05) is 36.7 Å². The van der Waals surface area contributed by atoms with Gasteiger partial charge in [0.2, 0.25) is 0 Å². The Morgan fingerprint density at radius 1 is 1.63 bits per heavy atom. The summed E-state index contributed by atoms with van der Waals surface area (Å²) in [6.45, 7) is 6.18. The van der Waals surface area contributed by atoms with E-state index in [1.54, 1.807) is 0 Å². The maximum absolute atomic E-state index is 5.94. The summed E-state index contributed by atoms with van der Waals surface area (Å²) in [7, 11) is 2.02. The fourth-order valence-electron chi connectivity index (χ4n) is 2.48. The van der Waals surface area contributed by atoms with Crippen LogP contribution < -0.4 is 5.32 Å². The maximum atomic E-state index is 5.94. The molecule has 0 bridgehead atoms. The van der Waals surface area contributed by atoms with E-state index in [2.05, 4.69) is 23.4 Å². The Morgan fingerprint density at radius 2 is 2.47 bits per heavy atom. The second-order valence-corrected chi connectivity index (χ2v) is 6.30. The second kappa shape index (κ2) is 7.31. The molecule has 1 aromatic heterocycles. The number of aryl methyl sites for hydroxylation is 2. The first-order chi connectivity index (χ1) is 9.20. The molecule has 1 aromatic rings. The molecule has 0 radical (unpaired) electrons. The maximum Gasteiger partial charge on any atom is 0.0822 e. The Bertz CT molecular complexity index is 388. The van der Waals surface area contributed by atoms with Gasteiger partial charge in [0.05, 0.1) is 18.4 Å². The predicted molar refractivity (Wildman–Crippen MR) is 80.8 cm³/mol. The zero-order chi connectivity index (χ0) is 13.7. The third-order valence-electron chi connectivity index (χ3n) is 3.47. The fraction of sp³-hybridized carbons (Fsp3) is 0.786. The molecule has 1 fully saturated rings. The first-order valence-electron chi connectivity index (χ1n) is 7.13. The van der Waals surface area contributed by atoms with Gasteiger partial charge >= 0.3 is 0 Å². The van der Waals surface area contributed by atoms with Crippen molar-refractivity contribution >= 4 is 11.8 Å². The van der Waals surface area contributed by atoms with E-state index in [1.165, 1.54) is 5.69 Å². The molecular weight excluding hydrogens is 258 g/mol. The van der Waals surface area contributed by atoms with Crippen LogP contribution in [0.15, 0.2) is 6.07 Å². The minimum absolute atomic E-state index is 0.320. The topological polar surface area (TPSA) is 39.1 Å². The number of hydrogen-bond acceptors (Lipinski definition) is 4. The van der Waals surface area contributed by atoms with Crippen molar-refractivity contribution in [2.45, 2.75) is 38.8 Å². The summed E-state index contributed by atoms with van der Waals surface area (Å²) in [6, 6.07) is 2.57. The van der Waals surface area contributed by atoms with Crippen LogP contribution in [-0.4, -0.2) is 46.6 Å². The lowest BCUT2D eigenvalue weighted by molar-refractivity contribution is 0.0467. The molecule has 19 heavy (non-hydrogen) atoms. The zero-order valence-electron chi connectivity index (χ0n) is 12.2. The molecule has 5 heteroatoms. The van der Waals surface area contributed by atoms with Gasteiger partial charge in [-0.15, -0.1) is 0 Å². The third-order valence-corrected chi connectivity index (χ3v) is 4.49. The molecule has 4 nitrogen and oxygen atoms in total. The van der Waals surface area contributed by atoms with Crippen LogP contribution in [0.2, 0.25) is 0 Å². The molecule has 1 saturated heterocycles. The Labute approximate surface area is 120 Å². The number of thioether (sulfide) groups is 1. The highest BCUT2D eigenvalue weighted by atomic mass is 32.2. The summed E-state index contributed by atoms with van der Waals surface area (Å²) in [5.74, 6) is 2.22. The lowest BCUT2D eigenvalue weighted by atomic mass is 10.1. The minimum atomic E-state index is 0.320. The van der Waals surface area contributed by atoms with E-state index in [0.717, 1.165) is 43.2 Å². The van der Waals surface area contributed by atoms with Crippen LogP contribution >= 0.6 is 11.8 Å². The monoisotopic (exact) mass is 283 g/mol. The number of hydrogen-bond donors (Lipinski definition) is 1. The van der Waals surface area contributed by atoms with Crippen LogP contribution in [-0.2, 0) is 18.2 Å². The number of nitrogens with one attached hydrogen (secondary N) is 1. The largest absolute Gasteiger partial charge is 0.375 e. The molecule has 1 aliphatic heterocycles. The molecule has 0 saturated carbocycles. The van der Waals surface area contributed by atoms with E-state index in [0.29, 0.717) is 12.1 Å². The summed E-state index contributed by atoms with van der Waals surface area (Å²) in [5, 5.41) is 8.08. The van der Waals surface area contributed by atoms with Crippen molar-refractivity contribution in [2.75, 3.05) is 24.7 Å². The highest BCUT2D eigenvalue weighted by Gasteiger charge is 2.25. The van der Waals surface area contributed by atoms with Gasteiger partial charge in [-0.1, -0.05) is 6.92 Å². The standard InChI is InChI=1S/C14H25N3OS/c1-4-5-15-13(14-10-19-7-6-18-14)9-12-8-11(2)16-17(12)3/h8,13-15H,4-7,9-10H2,1-3H3. The van der Waals surface area contributed by atoms with E-state index in [-0.39, 0.29) is 0 Å². The molecule has 1 aliphatic rings. The first-order valence-corrected chi connectivity index (χ1v) is 8.28. The molecule has 2 heterocycles. The van der Waals surface area contributed by atoms with Crippen molar-refractivity contribution in [1.82, 2.24) is 15.1 Å². The van der Waals surface area contributed by atoms with Crippen molar-refractivity contribution in [3.8, 4) is 0 Å². The molecule has 2 rings (SSSR count). The zero-order valence-corrected chi connectivity index (χ0v) is 13.0. The first kappa shape index (κ1) is 14.9. The summed E-state index contributed by atoms with van der Waals surface area (Å²) in [5.41, 5.74) is 2.37. The van der Waals surface area contributed by atoms with Gasteiger partial charge in [0.1, 0.15) is 0 Å². The number of rotatable bonds is 6. The molecule has 0 aromatic carbocycles. The fourth-order valence-corrected chi connectivity index (χ4v) is 3.43. The molecule has 0 aliphatic carbocycles. The molecule has 0 spiro atoms. The molecule has 1 N–H and O–H groups in total. The summed E-state index contributed by atoms with van der Waals surface area (Å²) in [6.07, 6.45) is 2.46. The van der Waals surface area contributed by atoms with Crippen molar-refractivity contribution in [1.29, 1.82) is 0 Å². The SMILES string of the molecule is CCCNC(Cc1cc(C)nn1C)C1CSCCO1. The van der Waals surface area contributed by atoms with E-state index >= 15 is 0 Å². The Morgan fingerprint density at radius 3 is 3.05 bits per heavy atom. The number of nitrogens with zero attached hydrogens (tertiary/aromatic N) is 2. The highest BCUT2D eigenvalue weighted by Crippen LogP contribution is 2.18. The van der Waals surface area contributed by atoms with Crippen molar-refractivity contribution in [3.63, 3.8) is 0 Å². The second-order valence-electron chi connectivity index (χ2n) is 5.15. The molecular formula is C14H25N3OS. The minimum Gasteiger partial charge on any atom is -0.375 e. The van der Waals surface area contributed by atoms with Gasteiger partial charge in [0.15, 0.2) is 0 Å². The summed E-state index contributed by atoms with van der Waals surface area (Å²) < 4.78 is 7.94. The van der Waals surface area contributed by atoms with E-state index < -0.39 is 0 Å². The Hall–Kier alpha value is -0.520. The van der Waals surface area contributed by atoms with E-state index in [9.17, 15) is 0 Å². The molecule has 0 amide bonds. The van der Waals surface area contributed by atoms with E-state index in [1.807, 2.05) is 30.4 Å². The molecule has 108 valence electrons. The van der Waals surface area contributed by atoms with Crippen LogP contribution in [0, 0.1) is 6.92 Å². The molecule has 2 atom stereocenters. The normalized spacial score (nSPS) is 21.5. The van der Waals surface area contributed by atoms with Crippen molar-refractivity contribution in [2.24, 2.45) is 7.05 Å². The highest BCUT2D eigenvalue weighted by molar-refractivity contribution is 7.99. The lowest BCUT2D eigenvalue weighted by Gasteiger charge is -2.31. The smallest absolute Gasteiger partial charge is 0.0822 e. The average molecular weight is 283 g/mol.